The second-order valence-corrected chi connectivity index (χ2v) is 2.54. The first-order valence-electron chi connectivity index (χ1n) is 4.12. The van der Waals surface area contributed by atoms with Gasteiger partial charge >= 0.3 is 6.01 Å². The third-order valence-electron chi connectivity index (χ3n) is 1.51. The Morgan fingerprint density at radius 2 is 2.15 bits per heavy atom. The van der Waals surface area contributed by atoms with Gasteiger partial charge in [-0.05, 0) is 0 Å². The lowest BCUT2D eigenvalue weighted by atomic mass is 10.3. The molecule has 5 nitrogen and oxygen atoms in total. The van der Waals surface area contributed by atoms with Gasteiger partial charge in [-0.2, -0.15) is 0 Å². The number of ether oxygens (including phenoxy) is 1. The minimum Gasteiger partial charge on any atom is -0.467 e. The Morgan fingerprint density at radius 1 is 1.46 bits per heavy atom. The van der Waals surface area contributed by atoms with E-state index < -0.39 is 0 Å². The van der Waals surface area contributed by atoms with Gasteiger partial charge in [0.2, 0.25) is 0 Å². The molecule has 13 heavy (non-hydrogen) atoms. The van der Waals surface area contributed by atoms with Gasteiger partial charge in [0.25, 0.3) is 0 Å². The molecule has 0 fully saturated rings. The van der Waals surface area contributed by atoms with Gasteiger partial charge in [0, 0.05) is 37.6 Å². The smallest absolute Gasteiger partial charge is 0.316 e. The first-order valence-corrected chi connectivity index (χ1v) is 4.12. The number of methoxy groups -OCH3 is 1. The predicted molar refractivity (Wildman–Crippen MR) is 49.3 cm³/mol. The molecule has 1 aromatic heterocycles. The molecule has 0 saturated heterocycles. The monoisotopic (exact) mass is 182 g/mol. The van der Waals surface area contributed by atoms with E-state index in [2.05, 4.69) is 15.3 Å². The van der Waals surface area contributed by atoms with E-state index in [9.17, 15) is 0 Å². The van der Waals surface area contributed by atoms with Crippen molar-refractivity contribution in [3.05, 3.63) is 18.0 Å². The van der Waals surface area contributed by atoms with Crippen molar-refractivity contribution >= 4 is 0 Å². The summed E-state index contributed by atoms with van der Waals surface area (Å²) in [6.45, 7) is 2.17. The summed E-state index contributed by atoms with van der Waals surface area (Å²) in [5, 5.41) is 3.14. The molecule has 0 atom stereocenters. The molecular formula is C8H14N4O. The topological polar surface area (TPSA) is 73.1 Å². The minimum absolute atomic E-state index is 0.391. The number of nitrogens with zero attached hydrogens (tertiary/aromatic N) is 2. The molecule has 0 aromatic carbocycles. The summed E-state index contributed by atoms with van der Waals surface area (Å²) in [6.07, 6.45) is 3.46. The molecule has 0 aliphatic carbocycles. The second kappa shape index (κ2) is 5.45. The molecule has 0 spiro atoms. The number of rotatable bonds is 5. The Morgan fingerprint density at radius 3 is 2.69 bits per heavy atom. The number of nitrogens with two attached hydrogens (primary N) is 1. The summed E-state index contributed by atoms with van der Waals surface area (Å²) in [5.74, 6) is 0. The molecule has 72 valence electrons. The van der Waals surface area contributed by atoms with E-state index in [1.807, 2.05) is 0 Å². The van der Waals surface area contributed by atoms with Crippen LogP contribution >= 0.6 is 0 Å². The lowest BCUT2D eigenvalue weighted by Gasteiger charge is -2.02. The Labute approximate surface area is 77.3 Å². The van der Waals surface area contributed by atoms with Gasteiger partial charge < -0.3 is 15.8 Å². The van der Waals surface area contributed by atoms with Gasteiger partial charge in [-0.15, -0.1) is 0 Å². The molecule has 0 aliphatic rings. The molecule has 1 heterocycles. The molecule has 3 N–H and O–H groups in total. The van der Waals surface area contributed by atoms with Gasteiger partial charge in [-0.25, -0.2) is 9.97 Å². The molecule has 0 saturated carbocycles. The van der Waals surface area contributed by atoms with Crippen molar-refractivity contribution in [2.24, 2.45) is 5.73 Å². The van der Waals surface area contributed by atoms with Crippen LogP contribution in [0.2, 0.25) is 0 Å². The van der Waals surface area contributed by atoms with Gasteiger partial charge in [-0.3, -0.25) is 0 Å². The van der Waals surface area contributed by atoms with Crippen LogP contribution in [-0.4, -0.2) is 30.2 Å². The van der Waals surface area contributed by atoms with Crippen LogP contribution in [0.25, 0.3) is 0 Å². The van der Waals surface area contributed by atoms with Crippen molar-refractivity contribution in [1.29, 1.82) is 0 Å². The molecule has 5 heteroatoms. The Hall–Kier alpha value is -1.20. The van der Waals surface area contributed by atoms with E-state index in [1.165, 1.54) is 0 Å². The second-order valence-electron chi connectivity index (χ2n) is 2.54. The largest absolute Gasteiger partial charge is 0.467 e. The summed E-state index contributed by atoms with van der Waals surface area (Å²) < 4.78 is 4.83. The molecule has 0 bridgehead atoms. The third-order valence-corrected chi connectivity index (χ3v) is 1.51. The number of aromatic nitrogens is 2. The van der Waals surface area contributed by atoms with E-state index in [4.69, 9.17) is 10.5 Å². The van der Waals surface area contributed by atoms with Gasteiger partial charge in [-0.1, -0.05) is 0 Å². The normalized spacial score (nSPS) is 10.0. The zero-order valence-corrected chi connectivity index (χ0v) is 7.66. The third kappa shape index (κ3) is 3.35. The van der Waals surface area contributed by atoms with Crippen LogP contribution in [-0.2, 0) is 6.54 Å². The highest BCUT2D eigenvalue weighted by atomic mass is 16.5. The lowest BCUT2D eigenvalue weighted by Crippen LogP contribution is -2.21. The molecule has 0 radical (unpaired) electrons. The molecular weight excluding hydrogens is 168 g/mol. The highest BCUT2D eigenvalue weighted by Gasteiger charge is 1.95. The highest BCUT2D eigenvalue weighted by Crippen LogP contribution is 2.00. The summed E-state index contributed by atoms with van der Waals surface area (Å²) in [7, 11) is 1.54. The minimum atomic E-state index is 0.391. The van der Waals surface area contributed by atoms with Crippen molar-refractivity contribution in [1.82, 2.24) is 15.3 Å². The fourth-order valence-electron chi connectivity index (χ4n) is 0.874. The average molecular weight is 182 g/mol. The quantitative estimate of drug-likeness (QED) is 0.602. The van der Waals surface area contributed by atoms with Crippen LogP contribution in [0.3, 0.4) is 0 Å². The van der Waals surface area contributed by atoms with E-state index >= 15 is 0 Å². The summed E-state index contributed by atoms with van der Waals surface area (Å²) in [5.41, 5.74) is 6.35. The SMILES string of the molecule is COc1ncc(CNCCN)cn1. The van der Waals surface area contributed by atoms with Crippen LogP contribution < -0.4 is 15.8 Å². The fraction of sp³-hybridized carbons (Fsp3) is 0.500. The van der Waals surface area contributed by atoms with Crippen molar-refractivity contribution in [2.45, 2.75) is 6.54 Å². The van der Waals surface area contributed by atoms with Crippen molar-refractivity contribution in [3.8, 4) is 6.01 Å². The Bertz CT molecular complexity index is 236. The first-order chi connectivity index (χ1) is 6.36. The zero-order chi connectivity index (χ0) is 9.52. The first kappa shape index (κ1) is 9.88. The standard InChI is InChI=1S/C8H14N4O/c1-13-8-11-5-7(6-12-8)4-10-3-2-9/h5-6,10H,2-4,9H2,1H3. The average Bonchev–Trinajstić information content (AvgIpc) is 2.19. The van der Waals surface area contributed by atoms with Crippen LogP contribution in [0.5, 0.6) is 6.01 Å². The van der Waals surface area contributed by atoms with Gasteiger partial charge in [0.05, 0.1) is 7.11 Å². The van der Waals surface area contributed by atoms with E-state index in [-0.39, 0.29) is 0 Å². The van der Waals surface area contributed by atoms with Crippen molar-refractivity contribution < 1.29 is 4.74 Å². The maximum atomic E-state index is 5.32. The summed E-state index contributed by atoms with van der Waals surface area (Å²) in [6, 6.07) is 0.391. The van der Waals surface area contributed by atoms with Crippen LogP contribution in [0.1, 0.15) is 5.56 Å². The maximum Gasteiger partial charge on any atom is 0.316 e. The maximum absolute atomic E-state index is 5.32. The predicted octanol–water partition coefficient (Wildman–Crippen LogP) is -0.466. The highest BCUT2D eigenvalue weighted by molar-refractivity contribution is 5.06. The van der Waals surface area contributed by atoms with Crippen molar-refractivity contribution in [3.63, 3.8) is 0 Å². The van der Waals surface area contributed by atoms with E-state index in [1.54, 1.807) is 19.5 Å². The van der Waals surface area contributed by atoms with E-state index in [0.29, 0.717) is 12.6 Å². The molecule has 1 aromatic rings. The van der Waals surface area contributed by atoms with Gasteiger partial charge in [0.15, 0.2) is 0 Å². The Kier molecular flexibility index (Phi) is 4.14. The number of nitrogens with one attached hydrogen (secondary N) is 1. The molecule has 1 rings (SSSR count). The number of hydrogen-bond acceptors (Lipinski definition) is 5. The summed E-state index contributed by atoms with van der Waals surface area (Å²) in [4.78, 5) is 7.94. The summed E-state index contributed by atoms with van der Waals surface area (Å²) >= 11 is 0. The van der Waals surface area contributed by atoms with Crippen LogP contribution in [0, 0.1) is 0 Å². The molecule has 0 aliphatic heterocycles. The zero-order valence-electron chi connectivity index (χ0n) is 7.66. The molecule has 0 unspecified atom stereocenters. The van der Waals surface area contributed by atoms with E-state index in [0.717, 1.165) is 18.7 Å². The lowest BCUT2D eigenvalue weighted by molar-refractivity contribution is 0.379. The Balaban J connectivity index is 2.40. The van der Waals surface area contributed by atoms with Crippen LogP contribution in [0.15, 0.2) is 12.4 Å². The van der Waals surface area contributed by atoms with Crippen molar-refractivity contribution in [2.75, 3.05) is 20.2 Å². The van der Waals surface area contributed by atoms with Gasteiger partial charge in [0.1, 0.15) is 0 Å². The van der Waals surface area contributed by atoms with Crippen LogP contribution in [0.4, 0.5) is 0 Å². The number of hydrogen-bond donors (Lipinski definition) is 2. The fourth-order valence-corrected chi connectivity index (χ4v) is 0.874. The molecule has 0 amide bonds.